The molecule has 0 aliphatic carbocycles. The Hall–Kier alpha value is -0.220. The van der Waals surface area contributed by atoms with Crippen LogP contribution in [-0.4, -0.2) is 10.8 Å². The number of thiazole rings is 1. The highest BCUT2D eigenvalue weighted by Gasteiger charge is 2.12. The fourth-order valence-electron chi connectivity index (χ4n) is 0.942. The molecule has 0 bridgehead atoms. The SMILES string of the molecule is CC(=O)Cc1nc(C(C)C)sc1Br. The summed E-state index contributed by atoms with van der Waals surface area (Å²) in [7, 11) is 0. The van der Waals surface area contributed by atoms with Crippen LogP contribution in [0.3, 0.4) is 0 Å². The van der Waals surface area contributed by atoms with Crippen LogP contribution in [0.2, 0.25) is 0 Å². The van der Waals surface area contributed by atoms with E-state index in [1.807, 2.05) is 0 Å². The van der Waals surface area contributed by atoms with Crippen LogP contribution in [-0.2, 0) is 11.2 Å². The molecular weight excluding hydrogens is 250 g/mol. The average molecular weight is 262 g/mol. The van der Waals surface area contributed by atoms with Gasteiger partial charge in [-0.2, -0.15) is 0 Å². The topological polar surface area (TPSA) is 30.0 Å². The van der Waals surface area contributed by atoms with Crippen molar-refractivity contribution in [3.8, 4) is 0 Å². The van der Waals surface area contributed by atoms with Crippen LogP contribution in [0.1, 0.15) is 37.4 Å². The van der Waals surface area contributed by atoms with Crippen LogP contribution in [0.5, 0.6) is 0 Å². The summed E-state index contributed by atoms with van der Waals surface area (Å²) in [5, 5.41) is 1.09. The van der Waals surface area contributed by atoms with Gasteiger partial charge >= 0.3 is 0 Å². The number of ketones is 1. The van der Waals surface area contributed by atoms with E-state index >= 15 is 0 Å². The van der Waals surface area contributed by atoms with E-state index in [0.29, 0.717) is 12.3 Å². The Bertz CT molecular complexity index is 319. The number of aromatic nitrogens is 1. The monoisotopic (exact) mass is 261 g/mol. The lowest BCUT2D eigenvalue weighted by molar-refractivity contribution is -0.116. The van der Waals surface area contributed by atoms with Gasteiger partial charge in [-0.15, -0.1) is 11.3 Å². The average Bonchev–Trinajstić information content (AvgIpc) is 2.31. The van der Waals surface area contributed by atoms with E-state index < -0.39 is 0 Å². The minimum atomic E-state index is 0.154. The lowest BCUT2D eigenvalue weighted by Gasteiger charge is -1.95. The van der Waals surface area contributed by atoms with E-state index in [-0.39, 0.29) is 5.78 Å². The second-order valence-electron chi connectivity index (χ2n) is 3.31. The van der Waals surface area contributed by atoms with Gasteiger partial charge < -0.3 is 0 Å². The Balaban J connectivity index is 2.89. The molecule has 2 nitrogen and oxygen atoms in total. The first kappa shape index (κ1) is 10.9. The Labute approximate surface area is 90.5 Å². The molecule has 0 saturated heterocycles. The molecule has 0 atom stereocenters. The number of carbonyl (C=O) groups excluding carboxylic acids is 1. The van der Waals surface area contributed by atoms with Crippen molar-refractivity contribution >= 4 is 33.0 Å². The van der Waals surface area contributed by atoms with Gasteiger partial charge in [-0.05, 0) is 22.9 Å². The number of hydrogen-bond acceptors (Lipinski definition) is 3. The van der Waals surface area contributed by atoms with Crippen LogP contribution < -0.4 is 0 Å². The molecule has 0 aliphatic heterocycles. The van der Waals surface area contributed by atoms with Crippen LogP contribution in [0.15, 0.2) is 3.79 Å². The molecule has 1 aromatic heterocycles. The van der Waals surface area contributed by atoms with Crippen molar-refractivity contribution in [1.82, 2.24) is 4.98 Å². The van der Waals surface area contributed by atoms with Crippen molar-refractivity contribution in [1.29, 1.82) is 0 Å². The molecule has 13 heavy (non-hydrogen) atoms. The Kier molecular flexibility index (Phi) is 3.62. The molecule has 0 unspecified atom stereocenters. The van der Waals surface area contributed by atoms with E-state index in [1.54, 1.807) is 18.3 Å². The van der Waals surface area contributed by atoms with Crippen molar-refractivity contribution in [3.05, 3.63) is 14.5 Å². The second kappa shape index (κ2) is 4.33. The summed E-state index contributed by atoms with van der Waals surface area (Å²) in [6.07, 6.45) is 0.434. The van der Waals surface area contributed by atoms with E-state index in [2.05, 4.69) is 34.8 Å². The predicted octanol–water partition coefficient (Wildman–Crippen LogP) is 3.16. The van der Waals surface area contributed by atoms with E-state index in [4.69, 9.17) is 0 Å². The molecule has 0 fully saturated rings. The zero-order valence-corrected chi connectivity index (χ0v) is 10.3. The van der Waals surface area contributed by atoms with Crippen LogP contribution >= 0.6 is 27.3 Å². The van der Waals surface area contributed by atoms with E-state index in [9.17, 15) is 4.79 Å². The molecule has 1 aromatic rings. The van der Waals surface area contributed by atoms with Crippen molar-refractivity contribution in [2.45, 2.75) is 33.1 Å². The maximum atomic E-state index is 10.9. The number of Topliss-reactive ketones (excluding diaryl/α,β-unsaturated/α-hetero) is 1. The predicted molar refractivity (Wildman–Crippen MR) is 58.3 cm³/mol. The van der Waals surface area contributed by atoms with Gasteiger partial charge in [0.15, 0.2) is 0 Å². The van der Waals surface area contributed by atoms with Gasteiger partial charge in [0, 0.05) is 5.92 Å². The Morgan fingerprint density at radius 1 is 1.62 bits per heavy atom. The highest BCUT2D eigenvalue weighted by molar-refractivity contribution is 9.11. The first-order chi connectivity index (χ1) is 6.00. The smallest absolute Gasteiger partial charge is 0.135 e. The number of halogens is 1. The minimum absolute atomic E-state index is 0.154. The van der Waals surface area contributed by atoms with Crippen LogP contribution in [0.4, 0.5) is 0 Å². The number of rotatable bonds is 3. The fraction of sp³-hybridized carbons (Fsp3) is 0.556. The summed E-state index contributed by atoms with van der Waals surface area (Å²) in [4.78, 5) is 15.3. The van der Waals surface area contributed by atoms with Gasteiger partial charge in [0.2, 0.25) is 0 Å². The minimum Gasteiger partial charge on any atom is -0.300 e. The summed E-state index contributed by atoms with van der Waals surface area (Å²) in [6.45, 7) is 5.78. The van der Waals surface area contributed by atoms with Crippen LogP contribution in [0, 0.1) is 0 Å². The van der Waals surface area contributed by atoms with Gasteiger partial charge in [0.1, 0.15) is 5.78 Å². The first-order valence-corrected chi connectivity index (χ1v) is 5.76. The molecular formula is C9H12BrNOS. The summed E-state index contributed by atoms with van der Waals surface area (Å²) in [6, 6.07) is 0. The van der Waals surface area contributed by atoms with Gasteiger partial charge in [0.25, 0.3) is 0 Å². The molecule has 4 heteroatoms. The molecule has 0 spiro atoms. The van der Waals surface area contributed by atoms with Crippen LogP contribution in [0.25, 0.3) is 0 Å². The summed E-state index contributed by atoms with van der Waals surface area (Å²) < 4.78 is 0.992. The molecule has 0 saturated carbocycles. The second-order valence-corrected chi connectivity index (χ2v) is 5.65. The lowest BCUT2D eigenvalue weighted by Crippen LogP contribution is -1.97. The lowest BCUT2D eigenvalue weighted by atomic mass is 10.2. The highest BCUT2D eigenvalue weighted by atomic mass is 79.9. The summed E-state index contributed by atoms with van der Waals surface area (Å²) in [5.41, 5.74) is 0.876. The van der Waals surface area contributed by atoms with Gasteiger partial charge in [-0.3, -0.25) is 4.79 Å². The maximum absolute atomic E-state index is 10.9. The van der Waals surface area contributed by atoms with Crippen molar-refractivity contribution < 1.29 is 4.79 Å². The van der Waals surface area contributed by atoms with Gasteiger partial charge in [0.05, 0.1) is 20.9 Å². The maximum Gasteiger partial charge on any atom is 0.135 e. The normalized spacial score (nSPS) is 10.8. The summed E-state index contributed by atoms with van der Waals surface area (Å²) >= 11 is 5.04. The van der Waals surface area contributed by atoms with Gasteiger partial charge in [-0.1, -0.05) is 13.8 Å². The van der Waals surface area contributed by atoms with Crippen molar-refractivity contribution in [3.63, 3.8) is 0 Å². The molecule has 0 N–H and O–H groups in total. The summed E-state index contributed by atoms with van der Waals surface area (Å²) in [5.74, 6) is 0.586. The van der Waals surface area contributed by atoms with Crippen molar-refractivity contribution in [2.24, 2.45) is 0 Å². The number of carbonyl (C=O) groups is 1. The molecule has 1 heterocycles. The quantitative estimate of drug-likeness (QED) is 0.837. The van der Waals surface area contributed by atoms with E-state index in [1.165, 1.54) is 0 Å². The van der Waals surface area contributed by atoms with Crippen molar-refractivity contribution in [2.75, 3.05) is 0 Å². The largest absolute Gasteiger partial charge is 0.300 e. The Morgan fingerprint density at radius 3 is 2.62 bits per heavy atom. The molecule has 1 rings (SSSR count). The third-order valence-corrected chi connectivity index (χ3v) is 3.71. The van der Waals surface area contributed by atoms with Gasteiger partial charge in [-0.25, -0.2) is 4.98 Å². The number of nitrogens with zero attached hydrogens (tertiary/aromatic N) is 1. The molecule has 0 aliphatic rings. The van der Waals surface area contributed by atoms with E-state index in [0.717, 1.165) is 14.5 Å². The zero-order chi connectivity index (χ0) is 10.0. The Morgan fingerprint density at radius 2 is 2.23 bits per heavy atom. The molecule has 0 radical (unpaired) electrons. The molecule has 0 aromatic carbocycles. The highest BCUT2D eigenvalue weighted by Crippen LogP contribution is 2.29. The third kappa shape index (κ3) is 2.88. The fourth-order valence-corrected chi connectivity index (χ4v) is 2.48. The zero-order valence-electron chi connectivity index (χ0n) is 7.93. The number of hydrogen-bond donors (Lipinski definition) is 0. The standard InChI is InChI=1S/C9H12BrNOS/c1-5(2)9-11-7(4-6(3)12)8(10)13-9/h5H,4H2,1-3H3. The molecule has 72 valence electrons. The third-order valence-electron chi connectivity index (χ3n) is 1.58. The first-order valence-electron chi connectivity index (χ1n) is 4.15. The molecule has 0 amide bonds.